The monoisotopic (exact) mass is 740 g/mol. The van der Waals surface area contributed by atoms with Crippen molar-refractivity contribution in [2.24, 2.45) is 0 Å². The molecule has 0 saturated carbocycles. The summed E-state index contributed by atoms with van der Waals surface area (Å²) in [4.78, 5) is 0. The van der Waals surface area contributed by atoms with Crippen molar-refractivity contribution in [3.8, 4) is 81.9 Å². The highest BCUT2D eigenvalue weighted by molar-refractivity contribution is 6.20. The van der Waals surface area contributed by atoms with Crippen LogP contribution in [0.15, 0.2) is 138 Å². The molecule has 0 bridgehead atoms. The molecule has 0 radical (unpaired) electrons. The van der Waals surface area contributed by atoms with Gasteiger partial charge in [0.25, 0.3) is 0 Å². The third kappa shape index (κ3) is 6.79. The zero-order valence-electron chi connectivity index (χ0n) is 31.5. The van der Waals surface area contributed by atoms with Crippen molar-refractivity contribution in [3.63, 3.8) is 0 Å². The van der Waals surface area contributed by atoms with Crippen LogP contribution in [-0.4, -0.2) is 0 Å². The molecular weight excluding hydrogens is 713 g/mol. The molecule has 0 unspecified atom stereocenters. The molecule has 58 heavy (non-hydrogen) atoms. The van der Waals surface area contributed by atoms with Gasteiger partial charge >= 0.3 is 0 Å². The van der Waals surface area contributed by atoms with Crippen LogP contribution in [-0.2, 0) is 5.41 Å². The van der Waals surface area contributed by atoms with Gasteiger partial charge in [0.2, 0.25) is 0 Å². The van der Waals surface area contributed by atoms with Gasteiger partial charge in [-0.15, -0.1) is 0 Å². The molecule has 6 aliphatic rings. The van der Waals surface area contributed by atoms with E-state index in [0.29, 0.717) is 33.4 Å². The first-order valence-electron chi connectivity index (χ1n) is 17.8. The van der Waals surface area contributed by atoms with Crippen LogP contribution in [0.25, 0.3) is 55.7 Å². The minimum Gasteiger partial charge on any atom is -0.192 e. The van der Waals surface area contributed by atoms with Crippen LogP contribution >= 0.6 is 0 Å². The summed E-state index contributed by atoms with van der Waals surface area (Å²) in [6.07, 6.45) is 0. The average Bonchev–Trinajstić information content (AvgIpc) is 3.68. The molecular formula is C50H28N8. The van der Waals surface area contributed by atoms with Crippen molar-refractivity contribution in [1.29, 1.82) is 42.1 Å². The SMILES string of the molecule is CC(C)(C)c1ccc2c(C(=C(C#N)C#N)C(=C(C#N)C#N)c3ccc4cccccc3-4)cc(C(=C(C#N)C#N)C(=C(C#N)C#N)c3ccc4cccccc3-4)c-2cc1. The summed E-state index contributed by atoms with van der Waals surface area (Å²) < 4.78 is 0. The number of hydrogen-bond acceptors (Lipinski definition) is 8. The molecule has 0 amide bonds. The van der Waals surface area contributed by atoms with Crippen LogP contribution in [0, 0.1) is 90.6 Å². The summed E-state index contributed by atoms with van der Waals surface area (Å²) in [6.45, 7) is 6.08. The minimum absolute atomic E-state index is 0.0196. The molecule has 6 rings (SSSR count). The lowest BCUT2D eigenvalue weighted by molar-refractivity contribution is 0.591. The number of fused-ring (bicyclic) bond motifs is 3. The van der Waals surface area contributed by atoms with Crippen LogP contribution in [0.4, 0.5) is 0 Å². The van der Waals surface area contributed by atoms with E-state index in [1.54, 1.807) is 42.5 Å². The third-order valence-corrected chi connectivity index (χ3v) is 9.94. The van der Waals surface area contributed by atoms with E-state index in [1.165, 1.54) is 0 Å². The number of nitrogens with zero attached hydrogens (tertiary/aromatic N) is 8. The van der Waals surface area contributed by atoms with Gasteiger partial charge in [0.05, 0.1) is 0 Å². The van der Waals surface area contributed by atoms with Crippen molar-refractivity contribution < 1.29 is 0 Å². The lowest BCUT2D eigenvalue weighted by Crippen LogP contribution is -2.09. The molecule has 0 aromatic rings. The van der Waals surface area contributed by atoms with E-state index in [-0.39, 0.29) is 50.0 Å². The largest absolute Gasteiger partial charge is 0.192 e. The topological polar surface area (TPSA) is 190 Å². The average molecular weight is 741 g/mol. The van der Waals surface area contributed by atoms with Gasteiger partial charge in [-0.05, 0) is 72.7 Å². The lowest BCUT2D eigenvalue weighted by Gasteiger charge is -2.17. The van der Waals surface area contributed by atoms with E-state index in [0.717, 1.165) is 16.7 Å². The molecule has 8 heteroatoms. The van der Waals surface area contributed by atoms with E-state index in [2.05, 4.69) is 0 Å². The first kappa shape index (κ1) is 38.7. The van der Waals surface area contributed by atoms with Crippen LogP contribution in [0.5, 0.6) is 0 Å². The quantitative estimate of drug-likeness (QED) is 0.119. The fourth-order valence-corrected chi connectivity index (χ4v) is 7.25. The smallest absolute Gasteiger partial charge is 0.138 e. The Morgan fingerprint density at radius 2 is 0.672 bits per heavy atom. The molecule has 8 nitrogen and oxygen atoms in total. The van der Waals surface area contributed by atoms with E-state index in [9.17, 15) is 42.1 Å². The van der Waals surface area contributed by atoms with E-state index >= 15 is 0 Å². The Morgan fingerprint density at radius 1 is 0.345 bits per heavy atom. The Hall–Kier alpha value is -9.02. The summed E-state index contributed by atoms with van der Waals surface area (Å²) in [7, 11) is 0. The maximum absolute atomic E-state index is 10.6. The van der Waals surface area contributed by atoms with E-state index in [1.807, 2.05) is 142 Å². The van der Waals surface area contributed by atoms with Gasteiger partial charge in [-0.2, -0.15) is 42.1 Å². The number of allylic oxidation sites excluding steroid dienone is 8. The predicted molar refractivity (Wildman–Crippen MR) is 220 cm³/mol. The Balaban J connectivity index is 1.86. The minimum atomic E-state index is -0.403. The first-order chi connectivity index (χ1) is 28.1. The van der Waals surface area contributed by atoms with Gasteiger partial charge in [0, 0.05) is 22.3 Å². The number of nitriles is 8. The summed E-state index contributed by atoms with van der Waals surface area (Å²) >= 11 is 0. The van der Waals surface area contributed by atoms with Gasteiger partial charge in [0.1, 0.15) is 70.8 Å². The highest BCUT2D eigenvalue weighted by Gasteiger charge is 2.33. The van der Waals surface area contributed by atoms with Gasteiger partial charge in [-0.3, -0.25) is 0 Å². The molecule has 0 aromatic carbocycles. The van der Waals surface area contributed by atoms with Crippen LogP contribution < -0.4 is 0 Å². The molecule has 0 aromatic heterocycles. The lowest BCUT2D eigenvalue weighted by atomic mass is 9.84. The Kier molecular flexibility index (Phi) is 10.8. The summed E-state index contributed by atoms with van der Waals surface area (Å²) in [5.74, 6) is 0. The van der Waals surface area contributed by atoms with Crippen molar-refractivity contribution >= 4 is 22.3 Å². The van der Waals surface area contributed by atoms with Gasteiger partial charge in [-0.1, -0.05) is 130 Å². The molecule has 0 atom stereocenters. The fourth-order valence-electron chi connectivity index (χ4n) is 7.25. The zero-order valence-corrected chi connectivity index (χ0v) is 31.5. The van der Waals surface area contributed by atoms with Crippen molar-refractivity contribution in [2.45, 2.75) is 26.2 Å². The second kappa shape index (κ2) is 16.1. The van der Waals surface area contributed by atoms with E-state index < -0.39 is 11.1 Å². The molecule has 0 heterocycles. The second-order valence-corrected chi connectivity index (χ2v) is 14.1. The summed E-state index contributed by atoms with van der Waals surface area (Å²) in [5, 5.41) is 84.4. The summed E-state index contributed by atoms with van der Waals surface area (Å²) in [5.41, 5.74) is 4.12. The molecule has 0 spiro atoms. The first-order valence-corrected chi connectivity index (χ1v) is 17.8. The Morgan fingerprint density at radius 3 is 1.00 bits per heavy atom. The van der Waals surface area contributed by atoms with Gasteiger partial charge < -0.3 is 0 Å². The van der Waals surface area contributed by atoms with Crippen LogP contribution in [0.1, 0.15) is 48.6 Å². The molecule has 268 valence electrons. The zero-order chi connectivity index (χ0) is 41.6. The third-order valence-electron chi connectivity index (χ3n) is 9.94. The van der Waals surface area contributed by atoms with Crippen molar-refractivity contribution in [3.05, 3.63) is 165 Å². The van der Waals surface area contributed by atoms with Crippen LogP contribution in [0.3, 0.4) is 0 Å². The maximum atomic E-state index is 10.6. The number of hydrogen-bond donors (Lipinski definition) is 0. The molecule has 0 fully saturated rings. The normalized spacial score (nSPS) is 10.2. The highest BCUT2D eigenvalue weighted by atomic mass is 14.4. The Bertz CT molecular complexity index is 2810. The van der Waals surface area contributed by atoms with Crippen molar-refractivity contribution in [1.82, 2.24) is 0 Å². The highest BCUT2D eigenvalue weighted by Crippen LogP contribution is 2.51. The molecule has 6 aliphatic carbocycles. The summed E-state index contributed by atoms with van der Waals surface area (Å²) in [6, 6.07) is 50.3. The molecule has 0 saturated heterocycles. The maximum Gasteiger partial charge on any atom is 0.138 e. The Labute approximate surface area is 336 Å². The van der Waals surface area contributed by atoms with Crippen molar-refractivity contribution in [2.75, 3.05) is 0 Å². The van der Waals surface area contributed by atoms with Crippen LogP contribution in [0.2, 0.25) is 0 Å². The van der Waals surface area contributed by atoms with Gasteiger partial charge in [-0.25, -0.2) is 0 Å². The fraction of sp³-hybridized carbons (Fsp3) is 0.0800. The molecule has 0 aliphatic heterocycles. The van der Waals surface area contributed by atoms with E-state index in [4.69, 9.17) is 0 Å². The number of rotatable bonds is 6. The second-order valence-electron chi connectivity index (χ2n) is 14.1. The predicted octanol–water partition coefficient (Wildman–Crippen LogP) is 10.9. The molecule has 0 N–H and O–H groups in total. The van der Waals surface area contributed by atoms with Gasteiger partial charge in [0.15, 0.2) is 0 Å². The standard InChI is InChI=1S/C50H28N8/c1-50(2,3)37-16-20-40-41(21-17-37)45(49(36(29-57)30-58)47(34(25-53)26-54)43-19-15-32-11-7-5-9-13-39(32)43)22-44(40)48(35(27-55)28-56)46(33(23-51)24-52)42-18-14-31-10-6-4-8-12-38(31)42/h4-22H,1-3H3.